The van der Waals surface area contributed by atoms with E-state index in [-0.39, 0.29) is 0 Å². The number of pyridine rings is 1. The largest absolute Gasteiger partial charge is 0.493 e. The van der Waals surface area contributed by atoms with E-state index in [0.717, 1.165) is 33.2 Å². The first-order chi connectivity index (χ1) is 9.86. The number of aromatic nitrogens is 1. The summed E-state index contributed by atoms with van der Waals surface area (Å²) in [6.45, 7) is 0.657. The molecule has 2 aromatic carbocycles. The first-order valence-electron chi connectivity index (χ1n) is 6.52. The predicted molar refractivity (Wildman–Crippen MR) is 86.5 cm³/mol. The second kappa shape index (κ2) is 6.06. The molecular weight excluding hydrogens is 314 g/mol. The van der Waals surface area contributed by atoms with Crippen LogP contribution < -0.4 is 4.74 Å². The Hall–Kier alpha value is -1.87. The van der Waals surface area contributed by atoms with Crippen molar-refractivity contribution in [2.24, 2.45) is 0 Å². The van der Waals surface area contributed by atoms with Crippen LogP contribution in [0.5, 0.6) is 5.75 Å². The van der Waals surface area contributed by atoms with Crippen LogP contribution in [-0.2, 0) is 0 Å². The third-order valence-electron chi connectivity index (χ3n) is 3.08. The lowest BCUT2D eigenvalue weighted by Crippen LogP contribution is -1.97. The SMILES string of the molecule is BrCCOc1ccc2ccc(-c3ccccc3)nc2c1. The molecule has 0 saturated carbocycles. The molecule has 0 N–H and O–H groups in total. The Morgan fingerprint density at radius 2 is 1.75 bits per heavy atom. The van der Waals surface area contributed by atoms with Crippen molar-refractivity contribution in [1.82, 2.24) is 4.98 Å². The van der Waals surface area contributed by atoms with Crippen LogP contribution in [0, 0.1) is 0 Å². The van der Waals surface area contributed by atoms with E-state index < -0.39 is 0 Å². The molecule has 100 valence electrons. The van der Waals surface area contributed by atoms with E-state index in [0.29, 0.717) is 6.61 Å². The molecule has 1 aromatic heterocycles. The Morgan fingerprint density at radius 1 is 0.950 bits per heavy atom. The molecule has 0 fully saturated rings. The zero-order chi connectivity index (χ0) is 13.8. The van der Waals surface area contributed by atoms with Crippen molar-refractivity contribution < 1.29 is 4.74 Å². The molecule has 1 heterocycles. The molecule has 0 aliphatic heterocycles. The highest BCUT2D eigenvalue weighted by Gasteiger charge is 2.02. The van der Waals surface area contributed by atoms with Crippen LogP contribution in [0.4, 0.5) is 0 Å². The molecule has 2 nitrogen and oxygen atoms in total. The van der Waals surface area contributed by atoms with Gasteiger partial charge >= 0.3 is 0 Å². The predicted octanol–water partition coefficient (Wildman–Crippen LogP) is 4.68. The van der Waals surface area contributed by atoms with E-state index in [1.165, 1.54) is 0 Å². The average Bonchev–Trinajstić information content (AvgIpc) is 2.53. The van der Waals surface area contributed by atoms with Gasteiger partial charge in [0.05, 0.1) is 17.8 Å². The van der Waals surface area contributed by atoms with Crippen molar-refractivity contribution in [3.8, 4) is 17.0 Å². The van der Waals surface area contributed by atoms with Gasteiger partial charge in [-0.05, 0) is 18.2 Å². The van der Waals surface area contributed by atoms with Gasteiger partial charge in [-0.25, -0.2) is 4.98 Å². The van der Waals surface area contributed by atoms with Crippen LogP contribution in [0.25, 0.3) is 22.2 Å². The second-order valence-corrected chi connectivity index (χ2v) is 5.25. The van der Waals surface area contributed by atoms with E-state index in [1.54, 1.807) is 0 Å². The molecule has 0 bridgehead atoms. The molecule has 0 spiro atoms. The number of hydrogen-bond donors (Lipinski definition) is 0. The van der Waals surface area contributed by atoms with Crippen LogP contribution >= 0.6 is 15.9 Å². The Morgan fingerprint density at radius 3 is 2.55 bits per heavy atom. The van der Waals surface area contributed by atoms with Crippen molar-refractivity contribution >= 4 is 26.8 Å². The molecule has 3 aromatic rings. The highest BCUT2D eigenvalue weighted by Crippen LogP contribution is 2.24. The summed E-state index contributed by atoms with van der Waals surface area (Å²) in [7, 11) is 0. The standard InChI is InChI=1S/C17H14BrNO/c18-10-11-20-15-8-6-14-7-9-16(19-17(14)12-15)13-4-2-1-3-5-13/h1-9,12H,10-11H2. The smallest absolute Gasteiger partial charge is 0.121 e. The summed E-state index contributed by atoms with van der Waals surface area (Å²) in [6, 6.07) is 20.4. The average molecular weight is 328 g/mol. The fraction of sp³-hybridized carbons (Fsp3) is 0.118. The zero-order valence-electron chi connectivity index (χ0n) is 10.9. The fourth-order valence-electron chi connectivity index (χ4n) is 2.11. The summed E-state index contributed by atoms with van der Waals surface area (Å²) >= 11 is 3.36. The van der Waals surface area contributed by atoms with Crippen molar-refractivity contribution in [2.45, 2.75) is 0 Å². The minimum Gasteiger partial charge on any atom is -0.493 e. The maximum absolute atomic E-state index is 5.62. The van der Waals surface area contributed by atoms with Crippen molar-refractivity contribution in [1.29, 1.82) is 0 Å². The molecule has 0 radical (unpaired) electrons. The Labute approximate surface area is 126 Å². The Kier molecular flexibility index (Phi) is 3.97. The van der Waals surface area contributed by atoms with Crippen molar-refractivity contribution in [3.63, 3.8) is 0 Å². The maximum atomic E-state index is 5.62. The Bertz CT molecular complexity index is 713. The number of hydrogen-bond acceptors (Lipinski definition) is 2. The van der Waals surface area contributed by atoms with Gasteiger partial charge in [0.2, 0.25) is 0 Å². The molecule has 0 atom stereocenters. The van der Waals surface area contributed by atoms with Gasteiger partial charge in [-0.3, -0.25) is 0 Å². The topological polar surface area (TPSA) is 22.1 Å². The second-order valence-electron chi connectivity index (χ2n) is 4.45. The van der Waals surface area contributed by atoms with Crippen LogP contribution in [-0.4, -0.2) is 16.9 Å². The van der Waals surface area contributed by atoms with Crippen LogP contribution in [0.15, 0.2) is 60.7 Å². The van der Waals surface area contributed by atoms with Gasteiger partial charge in [-0.1, -0.05) is 52.3 Å². The molecule has 0 amide bonds. The first kappa shape index (κ1) is 13.1. The van der Waals surface area contributed by atoms with Crippen LogP contribution in [0.3, 0.4) is 0 Å². The monoisotopic (exact) mass is 327 g/mol. The normalized spacial score (nSPS) is 10.7. The molecule has 0 aliphatic carbocycles. The highest BCUT2D eigenvalue weighted by atomic mass is 79.9. The number of nitrogens with zero attached hydrogens (tertiary/aromatic N) is 1. The van der Waals surface area contributed by atoms with Crippen LogP contribution in [0.1, 0.15) is 0 Å². The van der Waals surface area contributed by atoms with Gasteiger partial charge in [0.1, 0.15) is 5.75 Å². The number of rotatable bonds is 4. The molecule has 3 rings (SSSR count). The molecular formula is C17H14BrNO. The third kappa shape index (κ3) is 2.83. The lowest BCUT2D eigenvalue weighted by molar-refractivity contribution is 0.345. The van der Waals surface area contributed by atoms with Gasteiger partial charge < -0.3 is 4.74 Å². The number of fused-ring (bicyclic) bond motifs is 1. The van der Waals surface area contributed by atoms with Crippen LogP contribution in [0.2, 0.25) is 0 Å². The van der Waals surface area contributed by atoms with Gasteiger partial charge in [0.15, 0.2) is 0 Å². The molecule has 20 heavy (non-hydrogen) atoms. The summed E-state index contributed by atoms with van der Waals surface area (Å²) in [5.74, 6) is 0.856. The molecule has 3 heteroatoms. The lowest BCUT2D eigenvalue weighted by atomic mass is 10.1. The summed E-state index contributed by atoms with van der Waals surface area (Å²) in [5.41, 5.74) is 3.07. The zero-order valence-corrected chi connectivity index (χ0v) is 12.5. The third-order valence-corrected chi connectivity index (χ3v) is 3.40. The molecule has 0 aliphatic rings. The quantitative estimate of drug-likeness (QED) is 0.649. The highest BCUT2D eigenvalue weighted by molar-refractivity contribution is 9.09. The Balaban J connectivity index is 2.00. The number of ether oxygens (including phenoxy) is 1. The summed E-state index contributed by atoms with van der Waals surface area (Å²) < 4.78 is 5.62. The minimum absolute atomic E-state index is 0.657. The molecule has 0 saturated heterocycles. The van der Waals surface area contributed by atoms with Crippen molar-refractivity contribution in [2.75, 3.05) is 11.9 Å². The van der Waals surface area contributed by atoms with Gasteiger partial charge in [-0.2, -0.15) is 0 Å². The lowest BCUT2D eigenvalue weighted by Gasteiger charge is -2.07. The van der Waals surface area contributed by atoms with E-state index >= 15 is 0 Å². The number of benzene rings is 2. The summed E-state index contributed by atoms with van der Waals surface area (Å²) in [4.78, 5) is 4.72. The van der Waals surface area contributed by atoms with Gasteiger partial charge in [-0.15, -0.1) is 0 Å². The maximum Gasteiger partial charge on any atom is 0.121 e. The van der Waals surface area contributed by atoms with Gasteiger partial charge in [0, 0.05) is 22.3 Å². The minimum atomic E-state index is 0.657. The first-order valence-corrected chi connectivity index (χ1v) is 7.64. The summed E-state index contributed by atoms with van der Waals surface area (Å²) in [6.07, 6.45) is 0. The van der Waals surface area contributed by atoms with E-state index in [2.05, 4.69) is 40.2 Å². The number of alkyl halides is 1. The fourth-order valence-corrected chi connectivity index (χ4v) is 2.27. The number of halogens is 1. The van der Waals surface area contributed by atoms with E-state index in [9.17, 15) is 0 Å². The van der Waals surface area contributed by atoms with Crippen molar-refractivity contribution in [3.05, 3.63) is 60.7 Å². The van der Waals surface area contributed by atoms with E-state index in [4.69, 9.17) is 9.72 Å². The molecule has 0 unspecified atom stereocenters. The summed E-state index contributed by atoms with van der Waals surface area (Å²) in [5, 5.41) is 1.94. The van der Waals surface area contributed by atoms with Gasteiger partial charge in [0.25, 0.3) is 0 Å². The van der Waals surface area contributed by atoms with E-state index in [1.807, 2.05) is 36.4 Å².